The van der Waals surface area contributed by atoms with E-state index in [0.717, 1.165) is 0 Å². The molecule has 2 rings (SSSR count). The highest BCUT2D eigenvalue weighted by Crippen LogP contribution is 2.24. The van der Waals surface area contributed by atoms with Gasteiger partial charge in [0, 0.05) is 19.0 Å². The van der Waals surface area contributed by atoms with Crippen molar-refractivity contribution in [3.63, 3.8) is 0 Å². The molecule has 114 valence electrons. The zero-order valence-electron chi connectivity index (χ0n) is 11.9. The largest absolute Gasteiger partial charge is 0.479 e. The first kappa shape index (κ1) is 15.6. The molecule has 0 aromatic heterocycles. The number of hydrogen-bond donors (Lipinski definition) is 2. The maximum atomic E-state index is 12.2. The predicted octanol–water partition coefficient (Wildman–Crippen LogP) is 1.89. The number of nitrogens with one attached hydrogen (secondary N) is 2. The van der Waals surface area contributed by atoms with Gasteiger partial charge in [-0.05, 0) is 25.0 Å². The molecule has 1 aromatic carbocycles. The molecule has 1 saturated heterocycles. The van der Waals surface area contributed by atoms with Gasteiger partial charge in [-0.25, -0.2) is 0 Å². The molecule has 1 aliphatic heterocycles. The lowest BCUT2D eigenvalue weighted by Crippen LogP contribution is -2.51. The summed E-state index contributed by atoms with van der Waals surface area (Å²) in [7, 11) is 0. The average Bonchev–Trinajstić information content (AvgIpc) is 2.48. The van der Waals surface area contributed by atoms with Gasteiger partial charge in [-0.1, -0.05) is 30.7 Å². The standard InChI is InChI=1S/C15H19ClN2O3/c1-2-12(21-13-6-4-3-5-11(13)16)15(20)18-10-7-8-14(19)17-9-10/h3-6,10,12H,2,7-9H2,1H3,(H,17,19)(H,18,20)/t10-,12-/m0/s1. The molecule has 0 saturated carbocycles. The van der Waals surface area contributed by atoms with E-state index in [-0.39, 0.29) is 17.9 Å². The smallest absolute Gasteiger partial charge is 0.261 e. The number of carbonyl (C=O) groups is 2. The van der Waals surface area contributed by atoms with Crippen LogP contribution in [-0.2, 0) is 9.59 Å². The maximum Gasteiger partial charge on any atom is 0.261 e. The van der Waals surface area contributed by atoms with E-state index in [1.807, 2.05) is 13.0 Å². The fourth-order valence-electron chi connectivity index (χ4n) is 2.17. The first-order valence-electron chi connectivity index (χ1n) is 7.08. The first-order valence-corrected chi connectivity index (χ1v) is 7.46. The Morgan fingerprint density at radius 3 is 2.90 bits per heavy atom. The fourth-order valence-corrected chi connectivity index (χ4v) is 2.35. The Morgan fingerprint density at radius 2 is 2.29 bits per heavy atom. The van der Waals surface area contributed by atoms with Crippen molar-refractivity contribution < 1.29 is 14.3 Å². The van der Waals surface area contributed by atoms with E-state index in [0.29, 0.717) is 36.6 Å². The minimum Gasteiger partial charge on any atom is -0.479 e. The van der Waals surface area contributed by atoms with Gasteiger partial charge in [0.2, 0.25) is 5.91 Å². The van der Waals surface area contributed by atoms with Gasteiger partial charge in [-0.15, -0.1) is 0 Å². The van der Waals surface area contributed by atoms with Crippen molar-refractivity contribution >= 4 is 23.4 Å². The van der Waals surface area contributed by atoms with Crippen molar-refractivity contribution in [2.75, 3.05) is 6.54 Å². The van der Waals surface area contributed by atoms with Crippen LogP contribution in [0.25, 0.3) is 0 Å². The van der Waals surface area contributed by atoms with E-state index in [4.69, 9.17) is 16.3 Å². The number of carbonyl (C=O) groups excluding carboxylic acids is 2. The summed E-state index contributed by atoms with van der Waals surface area (Å²) in [5.74, 6) is 0.344. The Kier molecular flexibility index (Phi) is 5.44. The molecule has 2 atom stereocenters. The molecule has 0 spiro atoms. The second-order valence-electron chi connectivity index (χ2n) is 4.99. The zero-order valence-corrected chi connectivity index (χ0v) is 12.7. The summed E-state index contributed by atoms with van der Waals surface area (Å²) in [6.07, 6.45) is 1.03. The lowest BCUT2D eigenvalue weighted by Gasteiger charge is -2.26. The van der Waals surface area contributed by atoms with E-state index < -0.39 is 6.10 Å². The van der Waals surface area contributed by atoms with Gasteiger partial charge in [-0.2, -0.15) is 0 Å². The van der Waals surface area contributed by atoms with Crippen LogP contribution in [-0.4, -0.2) is 30.5 Å². The molecule has 2 amide bonds. The highest BCUT2D eigenvalue weighted by atomic mass is 35.5. The van der Waals surface area contributed by atoms with Crippen LogP contribution in [0.3, 0.4) is 0 Å². The lowest BCUT2D eigenvalue weighted by molar-refractivity contribution is -0.130. The molecule has 1 aromatic rings. The minimum atomic E-state index is -0.595. The molecular weight excluding hydrogens is 292 g/mol. The summed E-state index contributed by atoms with van der Waals surface area (Å²) in [5.41, 5.74) is 0. The third kappa shape index (κ3) is 4.36. The summed E-state index contributed by atoms with van der Waals surface area (Å²) in [4.78, 5) is 23.3. The Morgan fingerprint density at radius 1 is 1.52 bits per heavy atom. The molecule has 0 radical (unpaired) electrons. The van der Waals surface area contributed by atoms with Crippen LogP contribution in [0.1, 0.15) is 26.2 Å². The van der Waals surface area contributed by atoms with E-state index >= 15 is 0 Å². The van der Waals surface area contributed by atoms with Gasteiger partial charge >= 0.3 is 0 Å². The number of halogens is 1. The Balaban J connectivity index is 1.92. The molecule has 0 aliphatic carbocycles. The molecule has 0 bridgehead atoms. The number of amides is 2. The van der Waals surface area contributed by atoms with Crippen LogP contribution in [0.2, 0.25) is 5.02 Å². The second-order valence-corrected chi connectivity index (χ2v) is 5.40. The van der Waals surface area contributed by atoms with Crippen LogP contribution < -0.4 is 15.4 Å². The summed E-state index contributed by atoms with van der Waals surface area (Å²) >= 11 is 6.03. The van der Waals surface area contributed by atoms with Gasteiger partial charge in [0.25, 0.3) is 5.91 Å². The zero-order chi connectivity index (χ0) is 15.2. The quantitative estimate of drug-likeness (QED) is 0.873. The van der Waals surface area contributed by atoms with Gasteiger partial charge in [-0.3, -0.25) is 9.59 Å². The lowest BCUT2D eigenvalue weighted by atomic mass is 10.1. The van der Waals surface area contributed by atoms with Gasteiger partial charge in [0.1, 0.15) is 5.75 Å². The highest BCUT2D eigenvalue weighted by Gasteiger charge is 2.25. The summed E-state index contributed by atoms with van der Waals surface area (Å²) < 4.78 is 5.69. The van der Waals surface area contributed by atoms with Gasteiger partial charge in [0.05, 0.1) is 5.02 Å². The normalized spacial score (nSPS) is 19.5. The Bertz CT molecular complexity index is 511. The minimum absolute atomic E-state index is 0.0276. The van der Waals surface area contributed by atoms with Gasteiger partial charge < -0.3 is 15.4 Å². The topological polar surface area (TPSA) is 67.4 Å². The Hall–Kier alpha value is -1.75. The first-order chi connectivity index (χ1) is 10.1. The van der Waals surface area contributed by atoms with Crippen LogP contribution in [0.15, 0.2) is 24.3 Å². The van der Waals surface area contributed by atoms with Crippen LogP contribution >= 0.6 is 11.6 Å². The molecule has 1 heterocycles. The van der Waals surface area contributed by atoms with Crippen molar-refractivity contribution in [2.24, 2.45) is 0 Å². The predicted molar refractivity (Wildman–Crippen MR) is 80.3 cm³/mol. The van der Waals surface area contributed by atoms with Crippen LogP contribution in [0, 0.1) is 0 Å². The molecule has 5 nitrogen and oxygen atoms in total. The number of benzene rings is 1. The van der Waals surface area contributed by atoms with Crippen molar-refractivity contribution in [1.29, 1.82) is 0 Å². The van der Waals surface area contributed by atoms with E-state index in [2.05, 4.69) is 10.6 Å². The number of hydrogen-bond acceptors (Lipinski definition) is 3. The summed E-state index contributed by atoms with van der Waals surface area (Å²) in [6.45, 7) is 2.34. The van der Waals surface area contributed by atoms with E-state index in [1.165, 1.54) is 0 Å². The number of ether oxygens (including phenoxy) is 1. The maximum absolute atomic E-state index is 12.2. The monoisotopic (exact) mass is 310 g/mol. The van der Waals surface area contributed by atoms with Crippen molar-refractivity contribution in [2.45, 2.75) is 38.3 Å². The fraction of sp³-hybridized carbons (Fsp3) is 0.467. The molecule has 21 heavy (non-hydrogen) atoms. The third-order valence-electron chi connectivity index (χ3n) is 3.38. The number of rotatable bonds is 5. The summed E-state index contributed by atoms with van der Waals surface area (Å²) in [5, 5.41) is 6.13. The summed E-state index contributed by atoms with van der Waals surface area (Å²) in [6, 6.07) is 7.03. The average molecular weight is 311 g/mol. The van der Waals surface area contributed by atoms with Crippen molar-refractivity contribution in [3.05, 3.63) is 29.3 Å². The molecule has 1 aliphatic rings. The Labute approximate surface area is 129 Å². The number of para-hydroxylation sites is 1. The molecule has 1 fully saturated rings. The molecular formula is C15H19ClN2O3. The third-order valence-corrected chi connectivity index (χ3v) is 3.69. The number of piperidine rings is 1. The van der Waals surface area contributed by atoms with Crippen molar-refractivity contribution in [3.8, 4) is 5.75 Å². The van der Waals surface area contributed by atoms with E-state index in [1.54, 1.807) is 18.2 Å². The van der Waals surface area contributed by atoms with Crippen molar-refractivity contribution in [1.82, 2.24) is 10.6 Å². The van der Waals surface area contributed by atoms with Crippen LogP contribution in [0.5, 0.6) is 5.75 Å². The molecule has 0 unspecified atom stereocenters. The molecule has 6 heteroatoms. The SMILES string of the molecule is CC[C@H](Oc1ccccc1Cl)C(=O)N[C@H]1CCC(=O)NC1. The second kappa shape index (κ2) is 7.31. The van der Waals surface area contributed by atoms with Gasteiger partial charge in [0.15, 0.2) is 6.10 Å². The van der Waals surface area contributed by atoms with E-state index in [9.17, 15) is 9.59 Å². The highest BCUT2D eigenvalue weighted by molar-refractivity contribution is 6.32. The van der Waals surface area contributed by atoms with Crippen LogP contribution in [0.4, 0.5) is 0 Å². The molecule has 2 N–H and O–H groups in total.